The van der Waals surface area contributed by atoms with Crippen molar-refractivity contribution in [3.05, 3.63) is 29.8 Å². The first-order chi connectivity index (χ1) is 9.20. The summed E-state index contributed by atoms with van der Waals surface area (Å²) in [6, 6.07) is 6.42. The minimum absolute atomic E-state index is 0.0403. The zero-order valence-corrected chi connectivity index (χ0v) is 11.1. The Hall–Kier alpha value is -1.59. The van der Waals surface area contributed by atoms with Crippen LogP contribution in [0.5, 0.6) is 5.75 Å². The topological polar surface area (TPSA) is 69.8 Å². The maximum Gasteiger partial charge on any atom is 0.253 e. The first-order valence-corrected chi connectivity index (χ1v) is 6.71. The van der Waals surface area contributed by atoms with E-state index in [4.69, 9.17) is 5.73 Å². The highest BCUT2D eigenvalue weighted by atomic mass is 16.3. The lowest BCUT2D eigenvalue weighted by Gasteiger charge is -2.34. The monoisotopic (exact) mass is 263 g/mol. The lowest BCUT2D eigenvalue weighted by molar-refractivity contribution is 0.0636. The van der Waals surface area contributed by atoms with Crippen LogP contribution in [0.25, 0.3) is 0 Å². The van der Waals surface area contributed by atoms with E-state index in [1.807, 2.05) is 4.90 Å². The zero-order chi connectivity index (χ0) is 13.7. The molecule has 104 valence electrons. The molecular formula is C14H21N3O2. The van der Waals surface area contributed by atoms with E-state index in [0.717, 1.165) is 39.1 Å². The van der Waals surface area contributed by atoms with Crippen molar-refractivity contribution in [1.29, 1.82) is 0 Å². The lowest BCUT2D eigenvalue weighted by Crippen LogP contribution is -2.49. The summed E-state index contributed by atoms with van der Waals surface area (Å²) >= 11 is 0. The highest BCUT2D eigenvalue weighted by molar-refractivity contribution is 5.94. The number of nitrogens with zero attached hydrogens (tertiary/aromatic N) is 2. The number of phenols is 1. The van der Waals surface area contributed by atoms with Gasteiger partial charge in [0.05, 0.1) is 0 Å². The number of hydrogen-bond acceptors (Lipinski definition) is 4. The maximum absolute atomic E-state index is 12.2. The van der Waals surface area contributed by atoms with E-state index >= 15 is 0 Å². The van der Waals surface area contributed by atoms with E-state index in [1.54, 1.807) is 24.3 Å². The fourth-order valence-electron chi connectivity index (χ4n) is 2.28. The smallest absolute Gasteiger partial charge is 0.253 e. The van der Waals surface area contributed by atoms with Gasteiger partial charge < -0.3 is 15.7 Å². The number of amides is 1. The summed E-state index contributed by atoms with van der Waals surface area (Å²) in [6.45, 7) is 5.05. The number of aromatic hydroxyl groups is 1. The van der Waals surface area contributed by atoms with Gasteiger partial charge in [0, 0.05) is 31.7 Å². The first kappa shape index (κ1) is 13.8. The van der Waals surface area contributed by atoms with Gasteiger partial charge in [0.2, 0.25) is 0 Å². The first-order valence-electron chi connectivity index (χ1n) is 6.71. The Kier molecular flexibility index (Phi) is 4.76. The fourth-order valence-corrected chi connectivity index (χ4v) is 2.28. The number of nitrogens with two attached hydrogens (primary N) is 1. The van der Waals surface area contributed by atoms with Crippen LogP contribution in [-0.2, 0) is 0 Å². The van der Waals surface area contributed by atoms with Gasteiger partial charge in [-0.25, -0.2) is 0 Å². The Bertz CT molecular complexity index is 411. The summed E-state index contributed by atoms with van der Waals surface area (Å²) in [5.74, 6) is 0.224. The molecule has 5 heteroatoms. The molecule has 1 saturated heterocycles. The van der Waals surface area contributed by atoms with Crippen LogP contribution in [0.2, 0.25) is 0 Å². The second kappa shape index (κ2) is 6.54. The average Bonchev–Trinajstić information content (AvgIpc) is 2.46. The zero-order valence-electron chi connectivity index (χ0n) is 11.1. The number of benzene rings is 1. The summed E-state index contributed by atoms with van der Waals surface area (Å²) in [5.41, 5.74) is 6.13. The average molecular weight is 263 g/mol. The fraction of sp³-hybridized carbons (Fsp3) is 0.500. The molecule has 1 amide bonds. The minimum Gasteiger partial charge on any atom is -0.508 e. The van der Waals surface area contributed by atoms with E-state index in [1.165, 1.54) is 0 Å². The highest BCUT2D eigenvalue weighted by Gasteiger charge is 2.21. The third-order valence-corrected chi connectivity index (χ3v) is 3.45. The van der Waals surface area contributed by atoms with Crippen LogP contribution in [0, 0.1) is 0 Å². The van der Waals surface area contributed by atoms with Crippen molar-refractivity contribution in [1.82, 2.24) is 9.80 Å². The number of rotatable bonds is 4. The third kappa shape index (κ3) is 3.68. The molecule has 0 atom stereocenters. The van der Waals surface area contributed by atoms with E-state index < -0.39 is 0 Å². The minimum atomic E-state index is 0.0403. The van der Waals surface area contributed by atoms with Crippen LogP contribution < -0.4 is 5.73 Å². The molecule has 1 fully saturated rings. The van der Waals surface area contributed by atoms with Crippen molar-refractivity contribution in [2.45, 2.75) is 6.42 Å². The van der Waals surface area contributed by atoms with Crippen molar-refractivity contribution in [2.75, 3.05) is 39.3 Å². The summed E-state index contributed by atoms with van der Waals surface area (Å²) in [5, 5.41) is 9.22. The van der Waals surface area contributed by atoms with Gasteiger partial charge >= 0.3 is 0 Å². The number of carbonyl (C=O) groups excluding carboxylic acids is 1. The predicted octanol–water partition coefficient (Wildman–Crippen LogP) is 0.499. The van der Waals surface area contributed by atoms with Crippen LogP contribution in [0.4, 0.5) is 0 Å². The molecule has 0 aromatic heterocycles. The van der Waals surface area contributed by atoms with Crippen molar-refractivity contribution < 1.29 is 9.90 Å². The molecule has 2 rings (SSSR count). The van der Waals surface area contributed by atoms with Crippen molar-refractivity contribution in [3.63, 3.8) is 0 Å². The van der Waals surface area contributed by atoms with E-state index in [-0.39, 0.29) is 11.7 Å². The highest BCUT2D eigenvalue weighted by Crippen LogP contribution is 2.13. The van der Waals surface area contributed by atoms with Gasteiger partial charge in [0.15, 0.2) is 0 Å². The van der Waals surface area contributed by atoms with Crippen molar-refractivity contribution in [2.24, 2.45) is 5.73 Å². The largest absolute Gasteiger partial charge is 0.508 e. The number of carbonyl (C=O) groups is 1. The molecule has 1 aromatic carbocycles. The van der Waals surface area contributed by atoms with Crippen LogP contribution in [0.15, 0.2) is 24.3 Å². The van der Waals surface area contributed by atoms with E-state index in [9.17, 15) is 9.90 Å². The van der Waals surface area contributed by atoms with Gasteiger partial charge in [-0.05, 0) is 43.8 Å². The molecule has 0 bridgehead atoms. The Morgan fingerprint density at radius 3 is 2.37 bits per heavy atom. The second-order valence-corrected chi connectivity index (χ2v) is 4.82. The molecule has 19 heavy (non-hydrogen) atoms. The molecule has 1 aromatic rings. The molecule has 1 heterocycles. The molecule has 1 aliphatic rings. The second-order valence-electron chi connectivity index (χ2n) is 4.82. The lowest BCUT2D eigenvalue weighted by atomic mass is 10.1. The third-order valence-electron chi connectivity index (χ3n) is 3.45. The molecule has 0 saturated carbocycles. The standard InChI is InChI=1S/C14H21N3O2/c15-6-1-7-16-8-10-17(11-9-16)14(19)12-2-4-13(18)5-3-12/h2-5,18H,1,6-11,15H2. The Morgan fingerprint density at radius 2 is 1.79 bits per heavy atom. The molecule has 5 nitrogen and oxygen atoms in total. The van der Waals surface area contributed by atoms with Gasteiger partial charge in [-0.3, -0.25) is 9.69 Å². The van der Waals surface area contributed by atoms with Crippen molar-refractivity contribution in [3.8, 4) is 5.75 Å². The van der Waals surface area contributed by atoms with Gasteiger partial charge in [-0.2, -0.15) is 0 Å². The molecule has 0 spiro atoms. The Balaban J connectivity index is 1.87. The van der Waals surface area contributed by atoms with E-state index in [2.05, 4.69) is 4.90 Å². The Morgan fingerprint density at radius 1 is 1.16 bits per heavy atom. The quantitative estimate of drug-likeness (QED) is 0.830. The van der Waals surface area contributed by atoms with Gasteiger partial charge in [0.25, 0.3) is 5.91 Å². The molecule has 0 unspecified atom stereocenters. The molecular weight excluding hydrogens is 242 g/mol. The van der Waals surface area contributed by atoms with E-state index in [0.29, 0.717) is 12.1 Å². The molecule has 0 aliphatic carbocycles. The Labute approximate surface area is 113 Å². The summed E-state index contributed by atoms with van der Waals surface area (Å²) in [7, 11) is 0. The van der Waals surface area contributed by atoms with Crippen LogP contribution in [0.1, 0.15) is 16.8 Å². The SMILES string of the molecule is NCCCN1CCN(C(=O)c2ccc(O)cc2)CC1. The van der Waals surface area contributed by atoms with Crippen molar-refractivity contribution >= 4 is 5.91 Å². The van der Waals surface area contributed by atoms with Crippen LogP contribution in [-0.4, -0.2) is 60.1 Å². The number of piperazine rings is 1. The summed E-state index contributed by atoms with van der Waals surface area (Å²) in [4.78, 5) is 16.4. The number of phenolic OH excluding ortho intramolecular Hbond substituents is 1. The summed E-state index contributed by atoms with van der Waals surface area (Å²) in [6.07, 6.45) is 1.01. The molecule has 1 aliphatic heterocycles. The van der Waals surface area contributed by atoms with Gasteiger partial charge in [0.1, 0.15) is 5.75 Å². The maximum atomic E-state index is 12.2. The van der Waals surface area contributed by atoms with Gasteiger partial charge in [-0.1, -0.05) is 0 Å². The van der Waals surface area contributed by atoms with Crippen LogP contribution >= 0.6 is 0 Å². The van der Waals surface area contributed by atoms with Gasteiger partial charge in [-0.15, -0.1) is 0 Å². The normalized spacial score (nSPS) is 16.6. The predicted molar refractivity (Wildman–Crippen MR) is 74.1 cm³/mol. The molecule has 0 radical (unpaired) electrons. The molecule has 3 N–H and O–H groups in total. The number of hydrogen-bond donors (Lipinski definition) is 2. The summed E-state index contributed by atoms with van der Waals surface area (Å²) < 4.78 is 0. The van der Waals surface area contributed by atoms with Crippen LogP contribution in [0.3, 0.4) is 0 Å².